The summed E-state index contributed by atoms with van der Waals surface area (Å²) in [4.78, 5) is 4.39. The quantitative estimate of drug-likeness (QED) is 0.507. The summed E-state index contributed by atoms with van der Waals surface area (Å²) in [7, 11) is 3.23. The average Bonchev–Trinajstić information content (AvgIpc) is 3.08. The average molecular weight is 402 g/mol. The molecule has 0 atom stereocenters. The van der Waals surface area contributed by atoms with Crippen LogP contribution in [0.4, 0.5) is 11.4 Å². The van der Waals surface area contributed by atoms with Crippen LogP contribution >= 0.6 is 0 Å². The number of aromatic nitrogens is 2. The molecule has 0 saturated carbocycles. The van der Waals surface area contributed by atoms with Crippen LogP contribution in [0.25, 0.3) is 11.1 Å². The van der Waals surface area contributed by atoms with Gasteiger partial charge in [0, 0.05) is 30.5 Å². The summed E-state index contributed by atoms with van der Waals surface area (Å²) in [6.07, 6.45) is 3.00. The molecule has 0 bridgehead atoms. The van der Waals surface area contributed by atoms with Gasteiger partial charge in [-0.3, -0.25) is 0 Å². The van der Waals surface area contributed by atoms with E-state index in [-0.39, 0.29) is 1.43 Å². The van der Waals surface area contributed by atoms with Crippen molar-refractivity contribution in [1.29, 1.82) is 0 Å². The van der Waals surface area contributed by atoms with Gasteiger partial charge in [0.15, 0.2) is 0 Å². The number of methoxy groups -OCH3 is 2. The van der Waals surface area contributed by atoms with Crippen LogP contribution in [-0.4, -0.2) is 24.4 Å². The van der Waals surface area contributed by atoms with Crippen LogP contribution in [0, 0.1) is 13.8 Å². The summed E-state index contributed by atoms with van der Waals surface area (Å²) in [6, 6.07) is 9.63. The number of benzene rings is 1. The van der Waals surface area contributed by atoms with Crippen LogP contribution in [0.5, 0.6) is 11.6 Å². The Morgan fingerprint density at radius 3 is 2.31 bits per heavy atom. The number of ether oxygens (including phenoxy) is 2. The fourth-order valence-electron chi connectivity index (χ4n) is 2.59. The third-order valence-corrected chi connectivity index (χ3v) is 3.72. The van der Waals surface area contributed by atoms with E-state index in [1.54, 1.807) is 20.4 Å². The highest BCUT2D eigenvalue weighted by molar-refractivity contribution is 5.75. The molecule has 0 aliphatic rings. The molecule has 6 nitrogen and oxygen atoms in total. The lowest BCUT2D eigenvalue weighted by Crippen LogP contribution is -1.98. The minimum Gasteiger partial charge on any atom is -0.497 e. The summed E-state index contributed by atoms with van der Waals surface area (Å²) in [5, 5.41) is 7.32. The minimum absolute atomic E-state index is 0. The van der Waals surface area contributed by atoms with Gasteiger partial charge in [0.2, 0.25) is 5.88 Å². The summed E-state index contributed by atoms with van der Waals surface area (Å²) >= 11 is 0. The molecule has 1 aromatic carbocycles. The molecule has 2 heterocycles. The standard InChI is InChI=1S/C18H19N3O3.C3H8.C2H6.H2/c1-11-17(12(2)24-21-11)13-8-16(18(23-4)19-10-13)20-14-6-5-7-15(9-14)22-3;1-3-2;1-2;/h5-10,20H,1-4H3;3H2,1-2H3;1-2H3;1H. The predicted octanol–water partition coefficient (Wildman–Crippen LogP) is 6.80. The van der Waals surface area contributed by atoms with Gasteiger partial charge in [-0.05, 0) is 32.0 Å². The van der Waals surface area contributed by atoms with Gasteiger partial charge in [0.25, 0.3) is 0 Å². The summed E-state index contributed by atoms with van der Waals surface area (Å²) < 4.78 is 15.9. The Bertz CT molecular complexity index is 862. The van der Waals surface area contributed by atoms with Crippen LogP contribution in [0.3, 0.4) is 0 Å². The Balaban J connectivity index is 0.00000129. The minimum atomic E-state index is 0. The molecule has 0 unspecified atom stereocenters. The van der Waals surface area contributed by atoms with Gasteiger partial charge in [0.1, 0.15) is 17.2 Å². The first-order valence-electron chi connectivity index (χ1n) is 9.92. The van der Waals surface area contributed by atoms with E-state index in [1.165, 1.54) is 6.42 Å². The lowest BCUT2D eigenvalue weighted by molar-refractivity contribution is 0.393. The number of nitrogens with zero attached hydrogens (tertiary/aromatic N) is 2. The van der Waals surface area contributed by atoms with Crippen molar-refractivity contribution in [3.63, 3.8) is 0 Å². The Morgan fingerprint density at radius 2 is 1.76 bits per heavy atom. The van der Waals surface area contributed by atoms with Crippen LogP contribution < -0.4 is 14.8 Å². The maximum atomic E-state index is 5.36. The van der Waals surface area contributed by atoms with Crippen molar-refractivity contribution in [2.24, 2.45) is 0 Å². The van der Waals surface area contributed by atoms with Gasteiger partial charge in [-0.15, -0.1) is 0 Å². The highest BCUT2D eigenvalue weighted by atomic mass is 16.5. The third-order valence-electron chi connectivity index (χ3n) is 3.72. The fraction of sp³-hybridized carbons (Fsp3) is 0.391. The molecule has 0 spiro atoms. The fourth-order valence-corrected chi connectivity index (χ4v) is 2.59. The van der Waals surface area contributed by atoms with E-state index >= 15 is 0 Å². The molecular weight excluding hydrogens is 366 g/mol. The number of aryl methyl sites for hydroxylation is 2. The SMILES string of the molecule is CC.CCC.COc1cccc(Nc2cc(-c3c(C)noc3C)cnc2OC)c1.[HH]. The molecular formula is C23H35N3O3. The van der Waals surface area contributed by atoms with Crippen LogP contribution in [0.2, 0.25) is 0 Å². The Morgan fingerprint density at radius 1 is 1.07 bits per heavy atom. The highest BCUT2D eigenvalue weighted by Crippen LogP contribution is 2.33. The summed E-state index contributed by atoms with van der Waals surface area (Å²) in [6.45, 7) is 12.0. The lowest BCUT2D eigenvalue weighted by Gasteiger charge is -2.12. The molecule has 160 valence electrons. The molecule has 0 aliphatic carbocycles. The van der Waals surface area contributed by atoms with Crippen molar-refractivity contribution in [1.82, 2.24) is 10.1 Å². The van der Waals surface area contributed by atoms with E-state index in [1.807, 2.05) is 58.0 Å². The number of hydrogen-bond acceptors (Lipinski definition) is 6. The smallest absolute Gasteiger partial charge is 0.237 e. The summed E-state index contributed by atoms with van der Waals surface area (Å²) in [5.74, 6) is 2.04. The van der Waals surface area contributed by atoms with Crippen LogP contribution in [-0.2, 0) is 0 Å². The van der Waals surface area contributed by atoms with Crippen molar-refractivity contribution in [3.8, 4) is 22.8 Å². The van der Waals surface area contributed by atoms with Crippen molar-refractivity contribution in [2.45, 2.75) is 48.0 Å². The maximum Gasteiger partial charge on any atom is 0.237 e. The third kappa shape index (κ3) is 6.52. The second-order valence-electron chi connectivity index (χ2n) is 6.04. The molecule has 1 N–H and O–H groups in total. The number of anilines is 2. The van der Waals surface area contributed by atoms with Gasteiger partial charge in [-0.25, -0.2) is 4.98 Å². The first-order chi connectivity index (χ1) is 14.0. The van der Waals surface area contributed by atoms with E-state index in [2.05, 4.69) is 29.3 Å². The normalized spacial score (nSPS) is 9.52. The topological polar surface area (TPSA) is 69.4 Å². The predicted molar refractivity (Wildman–Crippen MR) is 121 cm³/mol. The van der Waals surface area contributed by atoms with E-state index in [0.29, 0.717) is 5.88 Å². The first kappa shape index (κ1) is 24.0. The van der Waals surface area contributed by atoms with Gasteiger partial charge >= 0.3 is 0 Å². The molecule has 6 heteroatoms. The molecule has 3 rings (SSSR count). The zero-order valence-electron chi connectivity index (χ0n) is 18.8. The number of rotatable bonds is 5. The largest absolute Gasteiger partial charge is 0.497 e. The van der Waals surface area contributed by atoms with Crippen LogP contribution in [0.15, 0.2) is 41.1 Å². The van der Waals surface area contributed by atoms with Gasteiger partial charge in [0.05, 0.1) is 19.9 Å². The van der Waals surface area contributed by atoms with Gasteiger partial charge in [-0.2, -0.15) is 0 Å². The molecule has 0 saturated heterocycles. The van der Waals surface area contributed by atoms with E-state index < -0.39 is 0 Å². The van der Waals surface area contributed by atoms with Crippen molar-refractivity contribution >= 4 is 11.4 Å². The summed E-state index contributed by atoms with van der Waals surface area (Å²) in [5.41, 5.74) is 4.32. The maximum absolute atomic E-state index is 5.36. The Hall–Kier alpha value is -3.02. The molecule has 0 aliphatic heterocycles. The molecule has 29 heavy (non-hydrogen) atoms. The first-order valence-corrected chi connectivity index (χ1v) is 9.92. The molecule has 0 radical (unpaired) electrons. The van der Waals surface area contributed by atoms with Crippen molar-refractivity contribution < 1.29 is 15.4 Å². The number of pyridine rings is 1. The van der Waals surface area contributed by atoms with Crippen molar-refractivity contribution in [3.05, 3.63) is 48.0 Å². The lowest BCUT2D eigenvalue weighted by atomic mass is 10.1. The van der Waals surface area contributed by atoms with E-state index in [4.69, 9.17) is 14.0 Å². The zero-order chi connectivity index (χ0) is 21.8. The molecule has 0 amide bonds. The Kier molecular flexibility index (Phi) is 10.3. The van der Waals surface area contributed by atoms with E-state index in [0.717, 1.165) is 39.7 Å². The highest BCUT2D eigenvalue weighted by Gasteiger charge is 2.15. The second kappa shape index (κ2) is 12.4. The van der Waals surface area contributed by atoms with E-state index in [9.17, 15) is 0 Å². The number of nitrogens with one attached hydrogen (secondary N) is 1. The van der Waals surface area contributed by atoms with Gasteiger partial charge < -0.3 is 19.3 Å². The zero-order valence-corrected chi connectivity index (χ0v) is 18.8. The number of hydrogen-bond donors (Lipinski definition) is 1. The molecule has 0 fully saturated rings. The molecule has 3 aromatic rings. The van der Waals surface area contributed by atoms with Crippen molar-refractivity contribution in [2.75, 3.05) is 19.5 Å². The monoisotopic (exact) mass is 401 g/mol. The van der Waals surface area contributed by atoms with Crippen LogP contribution in [0.1, 0.15) is 47.0 Å². The Labute approximate surface area is 175 Å². The van der Waals surface area contributed by atoms with Gasteiger partial charge in [-0.1, -0.05) is 45.3 Å². The second-order valence-corrected chi connectivity index (χ2v) is 6.04. The molecule has 2 aromatic heterocycles.